The summed E-state index contributed by atoms with van der Waals surface area (Å²) in [7, 11) is 1.56. The van der Waals surface area contributed by atoms with Gasteiger partial charge in [0.15, 0.2) is 0 Å². The minimum atomic E-state index is -0.451. The molecule has 0 saturated carbocycles. The number of hydrogen-bond donors (Lipinski definition) is 1. The van der Waals surface area contributed by atoms with Gasteiger partial charge in [0.05, 0.1) is 19.3 Å². The molecule has 4 nitrogen and oxygen atoms in total. The van der Waals surface area contributed by atoms with E-state index in [1.165, 1.54) is 0 Å². The summed E-state index contributed by atoms with van der Waals surface area (Å²) in [5.41, 5.74) is 1.35. The summed E-state index contributed by atoms with van der Waals surface area (Å²) in [5.74, 6) is 0.173. The molecular weight excluding hydrogens is 232 g/mol. The number of benzene rings is 1. The van der Waals surface area contributed by atoms with Crippen molar-refractivity contribution in [3.63, 3.8) is 0 Å². The SMILES string of the molecule is COc1cc(C(=O)OCCO)cc(C(C)(C)C)c1. The highest BCUT2D eigenvalue weighted by atomic mass is 16.5. The lowest BCUT2D eigenvalue weighted by Crippen LogP contribution is -2.14. The van der Waals surface area contributed by atoms with Crippen LogP contribution in [0.25, 0.3) is 0 Å². The topological polar surface area (TPSA) is 55.8 Å². The van der Waals surface area contributed by atoms with Crippen molar-refractivity contribution >= 4 is 5.97 Å². The first-order valence-electron chi connectivity index (χ1n) is 5.86. The van der Waals surface area contributed by atoms with E-state index in [-0.39, 0.29) is 18.6 Å². The van der Waals surface area contributed by atoms with E-state index in [1.807, 2.05) is 6.07 Å². The summed E-state index contributed by atoms with van der Waals surface area (Å²) in [6.45, 7) is 6.00. The third-order valence-corrected chi connectivity index (χ3v) is 2.57. The minimum Gasteiger partial charge on any atom is -0.497 e. The quantitative estimate of drug-likeness (QED) is 0.834. The Labute approximate surface area is 108 Å². The van der Waals surface area contributed by atoms with Gasteiger partial charge in [0, 0.05) is 0 Å². The molecule has 0 aliphatic rings. The largest absolute Gasteiger partial charge is 0.497 e. The Kier molecular flexibility index (Phi) is 4.73. The van der Waals surface area contributed by atoms with Crippen LogP contribution in [0, 0.1) is 0 Å². The van der Waals surface area contributed by atoms with Gasteiger partial charge in [-0.05, 0) is 29.2 Å². The monoisotopic (exact) mass is 252 g/mol. The van der Waals surface area contributed by atoms with Gasteiger partial charge in [-0.2, -0.15) is 0 Å². The second kappa shape index (κ2) is 5.87. The standard InChI is InChI=1S/C14H20O4/c1-14(2,3)11-7-10(8-12(9-11)17-4)13(16)18-6-5-15/h7-9,15H,5-6H2,1-4H3. The van der Waals surface area contributed by atoms with Gasteiger partial charge in [-0.15, -0.1) is 0 Å². The molecule has 0 radical (unpaired) electrons. The summed E-state index contributed by atoms with van der Waals surface area (Å²) in [6.07, 6.45) is 0. The van der Waals surface area contributed by atoms with Crippen molar-refractivity contribution in [3.05, 3.63) is 29.3 Å². The molecule has 0 heterocycles. The molecule has 1 aromatic rings. The average Bonchev–Trinajstić information content (AvgIpc) is 2.34. The van der Waals surface area contributed by atoms with Crippen LogP contribution in [0.2, 0.25) is 0 Å². The molecule has 4 heteroatoms. The lowest BCUT2D eigenvalue weighted by molar-refractivity contribution is 0.0433. The number of methoxy groups -OCH3 is 1. The van der Waals surface area contributed by atoms with Crippen LogP contribution in [-0.4, -0.2) is 31.4 Å². The Morgan fingerprint density at radius 3 is 2.44 bits per heavy atom. The molecule has 100 valence electrons. The first kappa shape index (κ1) is 14.5. The molecule has 0 unspecified atom stereocenters. The molecule has 0 aliphatic heterocycles. The highest BCUT2D eigenvalue weighted by molar-refractivity contribution is 5.90. The first-order chi connectivity index (χ1) is 8.38. The number of aliphatic hydroxyl groups excluding tert-OH is 1. The summed E-state index contributed by atoms with van der Waals surface area (Å²) in [4.78, 5) is 11.8. The predicted octanol–water partition coefficient (Wildman–Crippen LogP) is 2.14. The maximum atomic E-state index is 11.8. The van der Waals surface area contributed by atoms with Crippen LogP contribution in [0.3, 0.4) is 0 Å². The van der Waals surface area contributed by atoms with E-state index >= 15 is 0 Å². The zero-order valence-electron chi connectivity index (χ0n) is 11.3. The lowest BCUT2D eigenvalue weighted by Gasteiger charge is -2.20. The van der Waals surface area contributed by atoms with Crippen LogP contribution >= 0.6 is 0 Å². The van der Waals surface area contributed by atoms with Gasteiger partial charge < -0.3 is 14.6 Å². The van der Waals surface area contributed by atoms with Gasteiger partial charge >= 0.3 is 5.97 Å². The Morgan fingerprint density at radius 2 is 1.94 bits per heavy atom. The molecule has 0 aliphatic carbocycles. The number of hydrogen-bond acceptors (Lipinski definition) is 4. The number of carbonyl (C=O) groups excluding carboxylic acids is 1. The van der Waals surface area contributed by atoms with E-state index in [9.17, 15) is 4.79 Å². The van der Waals surface area contributed by atoms with Crippen molar-refractivity contribution in [2.45, 2.75) is 26.2 Å². The van der Waals surface area contributed by atoms with Crippen LogP contribution in [-0.2, 0) is 10.2 Å². The fourth-order valence-corrected chi connectivity index (χ4v) is 1.49. The summed E-state index contributed by atoms with van der Waals surface area (Å²) in [6, 6.07) is 5.33. The van der Waals surface area contributed by atoms with Crippen molar-refractivity contribution in [2.24, 2.45) is 0 Å². The van der Waals surface area contributed by atoms with E-state index in [4.69, 9.17) is 14.6 Å². The molecule has 1 rings (SSSR count). The van der Waals surface area contributed by atoms with Crippen molar-refractivity contribution in [2.75, 3.05) is 20.3 Å². The normalized spacial score (nSPS) is 11.2. The van der Waals surface area contributed by atoms with Crippen molar-refractivity contribution in [1.82, 2.24) is 0 Å². The zero-order chi connectivity index (χ0) is 13.8. The maximum Gasteiger partial charge on any atom is 0.338 e. The Morgan fingerprint density at radius 1 is 1.28 bits per heavy atom. The lowest BCUT2D eigenvalue weighted by atomic mass is 9.86. The van der Waals surface area contributed by atoms with E-state index in [2.05, 4.69) is 20.8 Å². The molecule has 0 bridgehead atoms. The van der Waals surface area contributed by atoms with Gasteiger partial charge in [-0.25, -0.2) is 4.79 Å². The molecule has 18 heavy (non-hydrogen) atoms. The van der Waals surface area contributed by atoms with Crippen LogP contribution < -0.4 is 4.74 Å². The molecule has 0 amide bonds. The van der Waals surface area contributed by atoms with Crippen LogP contribution in [0.15, 0.2) is 18.2 Å². The first-order valence-corrected chi connectivity index (χ1v) is 5.86. The molecule has 0 spiro atoms. The molecule has 0 saturated heterocycles. The maximum absolute atomic E-state index is 11.8. The summed E-state index contributed by atoms with van der Waals surface area (Å²) < 4.78 is 10.1. The van der Waals surface area contributed by atoms with Crippen molar-refractivity contribution in [1.29, 1.82) is 0 Å². The number of aliphatic hydroxyl groups is 1. The number of ether oxygens (including phenoxy) is 2. The zero-order valence-corrected chi connectivity index (χ0v) is 11.3. The Bertz CT molecular complexity index is 418. The van der Waals surface area contributed by atoms with Crippen molar-refractivity contribution < 1.29 is 19.4 Å². The second-order valence-corrected chi connectivity index (χ2v) is 5.06. The van der Waals surface area contributed by atoms with Gasteiger partial charge in [0.25, 0.3) is 0 Å². The molecule has 1 N–H and O–H groups in total. The van der Waals surface area contributed by atoms with Crippen molar-refractivity contribution in [3.8, 4) is 5.75 Å². The minimum absolute atomic E-state index is 0.000887. The average molecular weight is 252 g/mol. The van der Waals surface area contributed by atoms with E-state index in [1.54, 1.807) is 19.2 Å². The summed E-state index contributed by atoms with van der Waals surface area (Å²) >= 11 is 0. The third-order valence-electron chi connectivity index (χ3n) is 2.57. The van der Waals surface area contributed by atoms with Gasteiger partial charge in [-0.1, -0.05) is 20.8 Å². The van der Waals surface area contributed by atoms with Crippen LogP contribution in [0.4, 0.5) is 0 Å². The van der Waals surface area contributed by atoms with Gasteiger partial charge in [0.1, 0.15) is 12.4 Å². The van der Waals surface area contributed by atoms with Gasteiger partial charge in [-0.3, -0.25) is 0 Å². The Hall–Kier alpha value is -1.55. The number of esters is 1. The molecule has 0 aromatic heterocycles. The predicted molar refractivity (Wildman–Crippen MR) is 69.1 cm³/mol. The fourth-order valence-electron chi connectivity index (χ4n) is 1.49. The van der Waals surface area contributed by atoms with E-state index in [0.29, 0.717) is 11.3 Å². The smallest absolute Gasteiger partial charge is 0.338 e. The number of rotatable bonds is 4. The third kappa shape index (κ3) is 3.74. The fraction of sp³-hybridized carbons (Fsp3) is 0.500. The second-order valence-electron chi connectivity index (χ2n) is 5.06. The number of carbonyl (C=O) groups is 1. The van der Waals surface area contributed by atoms with Gasteiger partial charge in [0.2, 0.25) is 0 Å². The van der Waals surface area contributed by atoms with E-state index in [0.717, 1.165) is 5.56 Å². The van der Waals surface area contributed by atoms with Crippen LogP contribution in [0.1, 0.15) is 36.7 Å². The summed E-state index contributed by atoms with van der Waals surface area (Å²) in [5, 5.41) is 8.64. The van der Waals surface area contributed by atoms with E-state index < -0.39 is 5.97 Å². The highest BCUT2D eigenvalue weighted by Crippen LogP contribution is 2.27. The molecular formula is C14H20O4. The highest BCUT2D eigenvalue weighted by Gasteiger charge is 2.18. The Balaban J connectivity index is 3.08. The van der Waals surface area contributed by atoms with Crippen LogP contribution in [0.5, 0.6) is 5.75 Å². The molecule has 0 fully saturated rings. The molecule has 0 atom stereocenters. The molecule has 1 aromatic carbocycles.